The number of carbonyl (C=O) groups is 2. The van der Waals surface area contributed by atoms with Crippen molar-refractivity contribution in [3.05, 3.63) is 0 Å². The Hall–Kier alpha value is -1.06. The Morgan fingerprint density at radius 3 is 2.11 bits per heavy atom. The van der Waals surface area contributed by atoms with Gasteiger partial charge in [-0.3, -0.25) is 9.59 Å². The molecule has 0 spiro atoms. The molecule has 102 valence electrons. The first-order valence-corrected chi connectivity index (χ1v) is 7.17. The summed E-state index contributed by atoms with van der Waals surface area (Å²) in [6.45, 7) is 0.661. The summed E-state index contributed by atoms with van der Waals surface area (Å²) in [5.41, 5.74) is -1.08. The van der Waals surface area contributed by atoms with Gasteiger partial charge in [-0.15, -0.1) is 0 Å². The Morgan fingerprint density at radius 1 is 1.06 bits per heavy atom. The highest BCUT2D eigenvalue weighted by molar-refractivity contribution is 6.04. The molecule has 2 fully saturated rings. The van der Waals surface area contributed by atoms with E-state index in [1.807, 2.05) is 0 Å². The molecular formula is C14H23NO3. The number of carboxylic acids is 1. The van der Waals surface area contributed by atoms with E-state index in [9.17, 15) is 9.59 Å². The Balaban J connectivity index is 1.76. The van der Waals surface area contributed by atoms with Crippen LogP contribution in [-0.2, 0) is 9.59 Å². The highest BCUT2D eigenvalue weighted by Crippen LogP contribution is 2.46. The van der Waals surface area contributed by atoms with Crippen LogP contribution in [0.1, 0.15) is 57.8 Å². The molecule has 0 atom stereocenters. The average molecular weight is 253 g/mol. The van der Waals surface area contributed by atoms with Gasteiger partial charge < -0.3 is 10.4 Å². The quantitative estimate of drug-likeness (QED) is 0.756. The van der Waals surface area contributed by atoms with Gasteiger partial charge in [0.15, 0.2) is 0 Å². The van der Waals surface area contributed by atoms with Crippen LogP contribution in [0.5, 0.6) is 0 Å². The smallest absolute Gasteiger partial charge is 0.319 e. The molecule has 0 aromatic heterocycles. The molecule has 2 aliphatic carbocycles. The predicted molar refractivity (Wildman–Crippen MR) is 68.1 cm³/mol. The fourth-order valence-corrected chi connectivity index (χ4v) is 2.81. The molecule has 18 heavy (non-hydrogen) atoms. The summed E-state index contributed by atoms with van der Waals surface area (Å²) in [5.74, 6) is -0.687. The maximum Gasteiger partial charge on any atom is 0.319 e. The third kappa shape index (κ3) is 3.03. The van der Waals surface area contributed by atoms with Crippen LogP contribution >= 0.6 is 0 Å². The zero-order chi connectivity index (χ0) is 13.0. The highest BCUT2D eigenvalue weighted by Gasteiger charge is 2.56. The van der Waals surface area contributed by atoms with Crippen molar-refractivity contribution in [1.82, 2.24) is 5.32 Å². The van der Waals surface area contributed by atoms with E-state index >= 15 is 0 Å². The molecule has 1 amide bonds. The molecule has 4 heteroatoms. The minimum absolute atomic E-state index is 0.267. The Morgan fingerprint density at radius 2 is 1.61 bits per heavy atom. The molecule has 0 aliphatic heterocycles. The number of aliphatic carboxylic acids is 1. The Labute approximate surface area is 108 Å². The normalized spacial score (nSPS) is 23.8. The number of rotatable bonds is 4. The zero-order valence-corrected chi connectivity index (χ0v) is 10.9. The fraction of sp³-hybridized carbons (Fsp3) is 0.857. The molecule has 0 aromatic carbocycles. The van der Waals surface area contributed by atoms with E-state index in [4.69, 9.17) is 5.11 Å². The first-order valence-electron chi connectivity index (χ1n) is 7.17. The van der Waals surface area contributed by atoms with Crippen LogP contribution < -0.4 is 5.32 Å². The van der Waals surface area contributed by atoms with Gasteiger partial charge in [0.2, 0.25) is 5.91 Å². The lowest BCUT2D eigenvalue weighted by Gasteiger charge is -2.21. The molecule has 0 radical (unpaired) electrons. The van der Waals surface area contributed by atoms with Gasteiger partial charge in [-0.2, -0.15) is 0 Å². The van der Waals surface area contributed by atoms with E-state index in [-0.39, 0.29) is 5.91 Å². The van der Waals surface area contributed by atoms with E-state index in [0.717, 1.165) is 0 Å². The van der Waals surface area contributed by atoms with Gasteiger partial charge in [-0.25, -0.2) is 0 Å². The third-order valence-electron chi connectivity index (χ3n) is 4.37. The number of carboxylic acid groups (broad SMARTS) is 1. The second-order valence-electron chi connectivity index (χ2n) is 5.81. The number of amides is 1. The molecule has 0 aromatic rings. The molecule has 2 rings (SSSR count). The van der Waals surface area contributed by atoms with Gasteiger partial charge in [0, 0.05) is 6.54 Å². The van der Waals surface area contributed by atoms with Gasteiger partial charge in [0.05, 0.1) is 0 Å². The second-order valence-corrected chi connectivity index (χ2v) is 5.81. The first-order chi connectivity index (χ1) is 8.65. The molecule has 2 N–H and O–H groups in total. The van der Waals surface area contributed by atoms with Crippen LogP contribution in [0.25, 0.3) is 0 Å². The number of carbonyl (C=O) groups excluding carboxylic acids is 1. The topological polar surface area (TPSA) is 66.4 Å². The molecule has 2 aliphatic rings. The van der Waals surface area contributed by atoms with E-state index in [0.29, 0.717) is 25.3 Å². The van der Waals surface area contributed by atoms with Crippen LogP contribution in [-0.4, -0.2) is 23.5 Å². The van der Waals surface area contributed by atoms with Gasteiger partial charge in [0.1, 0.15) is 5.41 Å². The monoisotopic (exact) mass is 253 g/mol. The third-order valence-corrected chi connectivity index (χ3v) is 4.37. The van der Waals surface area contributed by atoms with E-state index in [1.165, 1.54) is 44.9 Å². The van der Waals surface area contributed by atoms with Gasteiger partial charge in [-0.1, -0.05) is 32.1 Å². The van der Waals surface area contributed by atoms with Crippen molar-refractivity contribution in [2.45, 2.75) is 57.8 Å². The van der Waals surface area contributed by atoms with Crippen LogP contribution in [0, 0.1) is 11.3 Å². The van der Waals surface area contributed by atoms with Crippen LogP contribution in [0.3, 0.4) is 0 Å². The SMILES string of the molecule is O=C(O)C1(C(=O)NCC2CCCCCCC2)CC1. The van der Waals surface area contributed by atoms with Gasteiger partial charge in [0.25, 0.3) is 0 Å². The van der Waals surface area contributed by atoms with E-state index in [2.05, 4.69) is 5.32 Å². The molecule has 4 nitrogen and oxygen atoms in total. The average Bonchev–Trinajstić information content (AvgIpc) is 3.08. The standard InChI is InChI=1S/C14H23NO3/c16-12(14(8-9-14)13(17)18)15-10-11-6-4-2-1-3-5-7-11/h11H,1-10H2,(H,15,16)(H,17,18). The molecule has 0 bridgehead atoms. The number of hydrogen-bond donors (Lipinski definition) is 2. The number of hydrogen-bond acceptors (Lipinski definition) is 2. The van der Waals surface area contributed by atoms with Crippen LogP contribution in [0.2, 0.25) is 0 Å². The zero-order valence-electron chi connectivity index (χ0n) is 10.9. The largest absolute Gasteiger partial charge is 0.480 e. The fourth-order valence-electron chi connectivity index (χ4n) is 2.81. The van der Waals surface area contributed by atoms with E-state index in [1.54, 1.807) is 0 Å². The summed E-state index contributed by atoms with van der Waals surface area (Å²) < 4.78 is 0. The summed E-state index contributed by atoms with van der Waals surface area (Å²) in [6.07, 6.45) is 9.74. The molecule has 2 saturated carbocycles. The number of nitrogens with one attached hydrogen (secondary N) is 1. The highest BCUT2D eigenvalue weighted by atomic mass is 16.4. The van der Waals surface area contributed by atoms with Crippen molar-refractivity contribution in [3.8, 4) is 0 Å². The maximum atomic E-state index is 11.9. The van der Waals surface area contributed by atoms with Crippen molar-refractivity contribution in [1.29, 1.82) is 0 Å². The van der Waals surface area contributed by atoms with Crippen molar-refractivity contribution in [2.24, 2.45) is 11.3 Å². The van der Waals surface area contributed by atoms with E-state index < -0.39 is 11.4 Å². The van der Waals surface area contributed by atoms with Crippen molar-refractivity contribution < 1.29 is 14.7 Å². The second kappa shape index (κ2) is 5.72. The predicted octanol–water partition coefficient (Wildman–Crippen LogP) is 2.33. The lowest BCUT2D eigenvalue weighted by molar-refractivity contribution is -0.149. The summed E-state index contributed by atoms with van der Waals surface area (Å²) in [6, 6.07) is 0. The minimum Gasteiger partial charge on any atom is -0.480 e. The van der Waals surface area contributed by atoms with Gasteiger partial charge in [-0.05, 0) is 31.6 Å². The lowest BCUT2D eigenvalue weighted by Crippen LogP contribution is -2.39. The first kappa shape index (κ1) is 13.4. The molecule has 0 saturated heterocycles. The summed E-state index contributed by atoms with van der Waals surface area (Å²) >= 11 is 0. The summed E-state index contributed by atoms with van der Waals surface area (Å²) in [4.78, 5) is 22.9. The summed E-state index contributed by atoms with van der Waals surface area (Å²) in [5, 5.41) is 11.9. The Bertz CT molecular complexity index is 315. The molecule has 0 heterocycles. The van der Waals surface area contributed by atoms with Crippen molar-refractivity contribution in [2.75, 3.05) is 6.54 Å². The van der Waals surface area contributed by atoms with Crippen LogP contribution in [0.4, 0.5) is 0 Å². The maximum absolute atomic E-state index is 11.9. The lowest BCUT2D eigenvalue weighted by atomic mass is 9.91. The minimum atomic E-state index is -1.08. The Kier molecular flexibility index (Phi) is 4.25. The molecular weight excluding hydrogens is 230 g/mol. The van der Waals surface area contributed by atoms with Crippen molar-refractivity contribution in [3.63, 3.8) is 0 Å². The van der Waals surface area contributed by atoms with Gasteiger partial charge >= 0.3 is 5.97 Å². The summed E-state index contributed by atoms with van der Waals surface area (Å²) in [7, 11) is 0. The van der Waals surface area contributed by atoms with Crippen LogP contribution in [0.15, 0.2) is 0 Å². The van der Waals surface area contributed by atoms with Crippen molar-refractivity contribution >= 4 is 11.9 Å². The molecule has 0 unspecified atom stereocenters.